The van der Waals surface area contributed by atoms with E-state index in [1.807, 2.05) is 0 Å². The maximum atomic E-state index is 12.9. The van der Waals surface area contributed by atoms with Gasteiger partial charge in [-0.15, -0.1) is 0 Å². The molecule has 4 fully saturated rings. The monoisotopic (exact) mass is 362 g/mol. The summed E-state index contributed by atoms with van der Waals surface area (Å²) in [6, 6.07) is 0. The number of Topliss-reactive ketones (excluding diaryl/α,β-unsaturated/α-hetero) is 1. The molecular weight excluding hydrogens is 324 g/mol. The molecule has 0 aliphatic heterocycles. The van der Waals surface area contributed by atoms with Crippen molar-refractivity contribution in [3.63, 3.8) is 0 Å². The summed E-state index contributed by atoms with van der Waals surface area (Å²) in [6.45, 7) is 10.6. The lowest BCUT2D eigenvalue weighted by molar-refractivity contribution is -0.263. The fourth-order valence-corrected chi connectivity index (χ4v) is 7.97. The first-order valence-corrected chi connectivity index (χ1v) is 11.0. The Morgan fingerprint density at radius 2 is 1.88 bits per heavy atom. The molecule has 0 aromatic heterocycles. The highest BCUT2D eigenvalue weighted by Gasteiger charge is 2.64. The van der Waals surface area contributed by atoms with E-state index in [1.54, 1.807) is 13.8 Å². The van der Waals surface area contributed by atoms with Crippen molar-refractivity contribution in [2.75, 3.05) is 0 Å². The van der Waals surface area contributed by atoms with Gasteiger partial charge in [0.05, 0.1) is 6.10 Å². The number of hydrogen-bond donors (Lipinski definition) is 1. The third kappa shape index (κ3) is 2.71. The summed E-state index contributed by atoms with van der Waals surface area (Å²) in [7, 11) is 0. The van der Waals surface area contributed by atoms with Gasteiger partial charge in [-0.05, 0) is 81.0 Å². The molecule has 26 heavy (non-hydrogen) atoms. The van der Waals surface area contributed by atoms with E-state index in [9.17, 15) is 9.90 Å². The molecule has 0 saturated heterocycles. The predicted molar refractivity (Wildman–Crippen MR) is 102 cm³/mol. The van der Waals surface area contributed by atoms with E-state index in [2.05, 4.69) is 20.8 Å². The van der Waals surface area contributed by atoms with Crippen LogP contribution in [0.25, 0.3) is 0 Å². The highest BCUT2D eigenvalue weighted by Crippen LogP contribution is 2.67. The maximum absolute atomic E-state index is 12.9. The average molecular weight is 363 g/mol. The number of carbonyl (C=O) groups excluding carboxylic acids is 1. The largest absolute Gasteiger partial charge is 0.366 e. The summed E-state index contributed by atoms with van der Waals surface area (Å²) in [5, 5.41) is 10.5. The Hall–Kier alpha value is -0.410. The summed E-state index contributed by atoms with van der Waals surface area (Å²) in [6.07, 6.45) is 9.44. The predicted octanol–water partition coefficient (Wildman–Crippen LogP) is 4.96. The molecule has 0 aromatic rings. The quantitative estimate of drug-likeness (QED) is 0.706. The van der Waals surface area contributed by atoms with E-state index >= 15 is 0 Å². The van der Waals surface area contributed by atoms with Crippen LogP contribution in [0.5, 0.6) is 0 Å². The van der Waals surface area contributed by atoms with E-state index in [4.69, 9.17) is 4.74 Å². The Morgan fingerprint density at radius 1 is 1.15 bits per heavy atom. The Labute approximate surface area is 159 Å². The maximum Gasteiger partial charge on any atom is 0.160 e. The highest BCUT2D eigenvalue weighted by molar-refractivity contribution is 5.87. The van der Waals surface area contributed by atoms with Crippen molar-refractivity contribution in [3.05, 3.63) is 0 Å². The molecule has 0 heterocycles. The van der Waals surface area contributed by atoms with E-state index in [0.717, 1.165) is 25.7 Å². The van der Waals surface area contributed by atoms with Gasteiger partial charge in [-0.1, -0.05) is 33.6 Å². The molecule has 3 heteroatoms. The molecular formula is C23H38O3. The van der Waals surface area contributed by atoms with Crippen LogP contribution in [-0.2, 0) is 9.53 Å². The zero-order valence-electron chi connectivity index (χ0n) is 17.4. The van der Waals surface area contributed by atoms with Crippen LogP contribution in [0.3, 0.4) is 0 Å². The fourth-order valence-electron chi connectivity index (χ4n) is 7.97. The SMILES string of the molecule is CC1CC(=O)[C@@]2(C)CCC3C(C12)[C@@H](OC(C)(C)O)CC1CCCC[C@@]13C. The first kappa shape index (κ1) is 18.9. The minimum absolute atomic E-state index is 0.0918. The van der Waals surface area contributed by atoms with Crippen molar-refractivity contribution >= 4 is 5.78 Å². The van der Waals surface area contributed by atoms with Crippen LogP contribution in [0, 0.1) is 40.4 Å². The molecule has 4 rings (SSSR count). The second kappa shape index (κ2) is 6.04. The van der Waals surface area contributed by atoms with Crippen LogP contribution in [0.15, 0.2) is 0 Å². The molecule has 0 spiro atoms. The van der Waals surface area contributed by atoms with Gasteiger partial charge in [-0.25, -0.2) is 0 Å². The number of ketones is 1. The van der Waals surface area contributed by atoms with Crippen molar-refractivity contribution in [1.82, 2.24) is 0 Å². The minimum Gasteiger partial charge on any atom is -0.366 e. The van der Waals surface area contributed by atoms with Crippen molar-refractivity contribution < 1.29 is 14.6 Å². The molecule has 148 valence electrons. The standard InChI is InChI=1S/C23H38O3/c1-14-12-18(24)23(5)11-9-16-19(20(14)23)17(26-21(2,3)25)13-15-8-6-7-10-22(15,16)4/h14-17,19-20,25H,6-13H2,1-5H3/t14?,15?,16?,17-,19?,20?,22-,23+/m0/s1. The molecule has 5 unspecified atom stereocenters. The van der Waals surface area contributed by atoms with Gasteiger partial charge in [0.25, 0.3) is 0 Å². The Morgan fingerprint density at radius 3 is 2.58 bits per heavy atom. The van der Waals surface area contributed by atoms with Crippen LogP contribution in [-0.4, -0.2) is 22.8 Å². The van der Waals surface area contributed by atoms with Gasteiger partial charge in [0.2, 0.25) is 0 Å². The van der Waals surface area contributed by atoms with Crippen LogP contribution >= 0.6 is 0 Å². The van der Waals surface area contributed by atoms with Gasteiger partial charge >= 0.3 is 0 Å². The van der Waals surface area contributed by atoms with Crippen LogP contribution in [0.4, 0.5) is 0 Å². The average Bonchev–Trinajstić information content (AvgIpc) is 2.76. The third-order valence-electron chi connectivity index (χ3n) is 9.03. The molecule has 0 aromatic carbocycles. The molecule has 1 N–H and O–H groups in total. The summed E-state index contributed by atoms with van der Waals surface area (Å²) in [4.78, 5) is 12.9. The van der Waals surface area contributed by atoms with Gasteiger partial charge in [0.1, 0.15) is 5.78 Å². The lowest BCUT2D eigenvalue weighted by Crippen LogP contribution is -2.59. The third-order valence-corrected chi connectivity index (χ3v) is 9.03. The summed E-state index contributed by atoms with van der Waals surface area (Å²) in [5.41, 5.74) is 0.231. The van der Waals surface area contributed by atoms with Crippen molar-refractivity contribution in [3.8, 4) is 0 Å². The number of ether oxygens (including phenoxy) is 1. The second-order valence-electron chi connectivity index (χ2n) is 11.1. The zero-order valence-corrected chi connectivity index (χ0v) is 17.4. The fraction of sp³-hybridized carbons (Fsp3) is 0.957. The van der Waals surface area contributed by atoms with Crippen molar-refractivity contribution in [2.45, 2.75) is 97.9 Å². The van der Waals surface area contributed by atoms with Gasteiger partial charge in [0.15, 0.2) is 5.79 Å². The molecule has 4 aliphatic carbocycles. The number of hydrogen-bond acceptors (Lipinski definition) is 3. The van der Waals surface area contributed by atoms with Crippen LogP contribution < -0.4 is 0 Å². The summed E-state index contributed by atoms with van der Waals surface area (Å²) < 4.78 is 6.32. The molecule has 0 radical (unpaired) electrons. The van der Waals surface area contributed by atoms with E-state index in [1.165, 1.54) is 25.7 Å². The lowest BCUT2D eigenvalue weighted by Gasteiger charge is -2.62. The number of aliphatic hydroxyl groups is 1. The zero-order chi connectivity index (χ0) is 18.9. The molecule has 0 bridgehead atoms. The Balaban J connectivity index is 1.75. The smallest absolute Gasteiger partial charge is 0.160 e. The Kier molecular flexibility index (Phi) is 4.40. The molecule has 3 nitrogen and oxygen atoms in total. The van der Waals surface area contributed by atoms with Crippen LogP contribution in [0.2, 0.25) is 0 Å². The van der Waals surface area contributed by atoms with Crippen LogP contribution in [0.1, 0.15) is 86.0 Å². The second-order valence-corrected chi connectivity index (χ2v) is 11.1. The summed E-state index contributed by atoms with van der Waals surface area (Å²) >= 11 is 0. The molecule has 4 aliphatic rings. The van der Waals surface area contributed by atoms with Gasteiger partial charge in [0, 0.05) is 11.8 Å². The van der Waals surface area contributed by atoms with E-state index in [0.29, 0.717) is 40.8 Å². The number of fused-ring (bicyclic) bond motifs is 5. The Bertz CT molecular complexity index is 578. The van der Waals surface area contributed by atoms with Crippen molar-refractivity contribution in [2.24, 2.45) is 40.4 Å². The normalized spacial score (nSPS) is 51.5. The molecule has 8 atom stereocenters. The first-order chi connectivity index (χ1) is 12.1. The van der Waals surface area contributed by atoms with Gasteiger partial charge in [-0.2, -0.15) is 0 Å². The number of rotatable bonds is 2. The minimum atomic E-state index is -1.10. The molecule has 0 amide bonds. The highest BCUT2D eigenvalue weighted by atomic mass is 16.6. The van der Waals surface area contributed by atoms with Gasteiger partial charge < -0.3 is 9.84 Å². The molecule has 4 saturated carbocycles. The first-order valence-electron chi connectivity index (χ1n) is 11.0. The topological polar surface area (TPSA) is 46.5 Å². The summed E-state index contributed by atoms with van der Waals surface area (Å²) in [5.74, 6) is 2.00. The van der Waals surface area contributed by atoms with E-state index in [-0.39, 0.29) is 11.5 Å². The van der Waals surface area contributed by atoms with Crippen molar-refractivity contribution in [1.29, 1.82) is 0 Å². The van der Waals surface area contributed by atoms with E-state index < -0.39 is 5.79 Å². The van der Waals surface area contributed by atoms with Gasteiger partial charge in [-0.3, -0.25) is 4.79 Å². The number of carbonyl (C=O) groups is 1. The lowest BCUT2D eigenvalue weighted by atomic mass is 9.44.